The Bertz CT molecular complexity index is 478. The van der Waals surface area contributed by atoms with Crippen LogP contribution in [0.4, 0.5) is 0 Å². The number of hydrogen-bond acceptors (Lipinski definition) is 4. The first kappa shape index (κ1) is 12.0. The van der Waals surface area contributed by atoms with Gasteiger partial charge in [-0.15, -0.1) is 0 Å². The van der Waals surface area contributed by atoms with Gasteiger partial charge in [0, 0.05) is 16.8 Å². The Hall–Kier alpha value is -1.52. The zero-order valence-electron chi connectivity index (χ0n) is 9.57. The summed E-state index contributed by atoms with van der Waals surface area (Å²) in [6.45, 7) is 2.00. The summed E-state index contributed by atoms with van der Waals surface area (Å²) in [6.07, 6.45) is 2.41. The minimum Gasteiger partial charge on any atom is -0.370 e. The first-order valence-corrected chi connectivity index (χ1v) is 5.80. The summed E-state index contributed by atoms with van der Waals surface area (Å²) in [5, 5.41) is 3.70. The molecule has 17 heavy (non-hydrogen) atoms. The Morgan fingerprint density at radius 1 is 1.35 bits per heavy atom. The van der Waals surface area contributed by atoms with Crippen molar-refractivity contribution in [2.75, 3.05) is 0 Å². The van der Waals surface area contributed by atoms with Crippen molar-refractivity contribution >= 4 is 23.1 Å². The molecule has 1 aliphatic rings. The van der Waals surface area contributed by atoms with Gasteiger partial charge in [-0.1, -0.05) is 30.7 Å². The van der Waals surface area contributed by atoms with Crippen LogP contribution in [0.3, 0.4) is 0 Å². The van der Waals surface area contributed by atoms with E-state index in [0.717, 1.165) is 11.1 Å². The third-order valence-electron chi connectivity index (χ3n) is 2.88. The fraction of sp³-hybridized carbons (Fsp3) is 0.250. The lowest BCUT2D eigenvalue weighted by molar-refractivity contribution is 0.485. The predicted molar refractivity (Wildman–Crippen MR) is 71.4 cm³/mol. The van der Waals surface area contributed by atoms with Crippen LogP contribution in [-0.2, 0) is 0 Å². The number of nitrogens with two attached hydrogens (primary N) is 2. The predicted octanol–water partition coefficient (Wildman–Crippen LogP) is 1.66. The van der Waals surface area contributed by atoms with Crippen LogP contribution in [0.25, 0.3) is 5.57 Å². The van der Waals surface area contributed by atoms with Gasteiger partial charge in [0.1, 0.15) is 5.66 Å². The molecule has 1 atom stereocenters. The van der Waals surface area contributed by atoms with E-state index in [4.69, 9.17) is 23.1 Å². The molecule has 0 radical (unpaired) electrons. The highest BCUT2D eigenvalue weighted by Crippen LogP contribution is 2.28. The van der Waals surface area contributed by atoms with Gasteiger partial charge in [0.2, 0.25) is 0 Å². The molecule has 0 saturated heterocycles. The summed E-state index contributed by atoms with van der Waals surface area (Å²) in [5.41, 5.74) is 13.1. The van der Waals surface area contributed by atoms with Crippen LogP contribution in [0, 0.1) is 0 Å². The van der Waals surface area contributed by atoms with Crippen LogP contribution in [-0.4, -0.2) is 11.6 Å². The van der Waals surface area contributed by atoms with Crippen LogP contribution in [0.15, 0.2) is 35.5 Å². The van der Waals surface area contributed by atoms with E-state index in [1.807, 2.05) is 31.2 Å². The van der Waals surface area contributed by atoms with Gasteiger partial charge in [-0.25, -0.2) is 4.99 Å². The standard InChI is InChI=1S/C12H15ClN4/c1-2-12(15)10(7-16-11(14)17-12)8-3-5-9(13)6-4-8/h3-7H,2,15H2,1H3,(H3,14,16,17). The molecule has 0 amide bonds. The Labute approximate surface area is 105 Å². The molecule has 1 heterocycles. The quantitative estimate of drug-likeness (QED) is 0.747. The molecule has 1 aromatic carbocycles. The molecule has 1 aliphatic heterocycles. The van der Waals surface area contributed by atoms with E-state index in [1.165, 1.54) is 0 Å². The molecule has 0 aromatic heterocycles. The second-order valence-electron chi connectivity index (χ2n) is 4.01. The number of aliphatic imine (C=N–C) groups is 1. The zero-order chi connectivity index (χ0) is 12.5. The Kier molecular flexibility index (Phi) is 3.09. The van der Waals surface area contributed by atoms with Gasteiger partial charge >= 0.3 is 0 Å². The normalized spacial score (nSPS) is 23.7. The van der Waals surface area contributed by atoms with Crippen LogP contribution in [0.5, 0.6) is 0 Å². The van der Waals surface area contributed by atoms with Gasteiger partial charge in [0.05, 0.1) is 0 Å². The van der Waals surface area contributed by atoms with Crippen molar-refractivity contribution in [3.8, 4) is 0 Å². The number of hydrogen-bond donors (Lipinski definition) is 3. The number of rotatable bonds is 2. The van der Waals surface area contributed by atoms with E-state index >= 15 is 0 Å². The highest BCUT2D eigenvalue weighted by atomic mass is 35.5. The van der Waals surface area contributed by atoms with E-state index in [9.17, 15) is 0 Å². The summed E-state index contributed by atoms with van der Waals surface area (Å²) in [6, 6.07) is 7.50. The maximum Gasteiger partial charge on any atom is 0.194 e. The minimum absolute atomic E-state index is 0.340. The average Bonchev–Trinajstić information content (AvgIpc) is 2.31. The number of nitrogens with one attached hydrogen (secondary N) is 1. The van der Waals surface area contributed by atoms with Crippen LogP contribution in [0.2, 0.25) is 5.02 Å². The molecule has 4 nitrogen and oxygen atoms in total. The van der Waals surface area contributed by atoms with Crippen molar-refractivity contribution in [3.63, 3.8) is 0 Å². The molecule has 90 valence electrons. The van der Waals surface area contributed by atoms with Crippen molar-refractivity contribution < 1.29 is 0 Å². The topological polar surface area (TPSA) is 76.4 Å². The Morgan fingerprint density at radius 3 is 2.59 bits per heavy atom. The molecular weight excluding hydrogens is 236 g/mol. The summed E-state index contributed by atoms with van der Waals surface area (Å²) >= 11 is 5.86. The van der Waals surface area contributed by atoms with Crippen LogP contribution in [0.1, 0.15) is 18.9 Å². The Morgan fingerprint density at radius 2 is 2.00 bits per heavy atom. The van der Waals surface area contributed by atoms with Gasteiger partial charge in [-0.05, 0) is 24.1 Å². The highest BCUT2D eigenvalue weighted by Gasteiger charge is 2.31. The van der Waals surface area contributed by atoms with Crippen molar-refractivity contribution in [1.82, 2.24) is 5.32 Å². The van der Waals surface area contributed by atoms with Gasteiger partial charge in [0.25, 0.3) is 0 Å². The number of halogens is 1. The smallest absolute Gasteiger partial charge is 0.194 e. The summed E-state index contributed by atoms with van der Waals surface area (Å²) in [4.78, 5) is 4.06. The van der Waals surface area contributed by atoms with Crippen molar-refractivity contribution in [2.45, 2.75) is 19.0 Å². The van der Waals surface area contributed by atoms with Gasteiger partial charge in [0.15, 0.2) is 5.96 Å². The SMILES string of the molecule is CCC1(N)NC(N)=NC=C1c1ccc(Cl)cc1. The monoisotopic (exact) mass is 250 g/mol. The molecule has 0 saturated carbocycles. The summed E-state index contributed by atoms with van der Waals surface area (Å²) in [7, 11) is 0. The maximum absolute atomic E-state index is 6.29. The molecule has 5 N–H and O–H groups in total. The molecule has 0 aliphatic carbocycles. The second-order valence-corrected chi connectivity index (χ2v) is 4.45. The number of nitrogens with zero attached hydrogens (tertiary/aromatic N) is 1. The van der Waals surface area contributed by atoms with Crippen LogP contribution >= 0.6 is 11.6 Å². The van der Waals surface area contributed by atoms with Gasteiger partial charge < -0.3 is 16.8 Å². The van der Waals surface area contributed by atoms with Crippen molar-refractivity contribution in [2.24, 2.45) is 16.5 Å². The molecule has 2 rings (SSSR count). The molecule has 5 heteroatoms. The number of benzene rings is 1. The van der Waals surface area contributed by atoms with E-state index in [0.29, 0.717) is 17.4 Å². The average molecular weight is 251 g/mol. The van der Waals surface area contributed by atoms with E-state index < -0.39 is 5.66 Å². The largest absolute Gasteiger partial charge is 0.370 e. The minimum atomic E-state index is -0.681. The first-order chi connectivity index (χ1) is 8.05. The third kappa shape index (κ3) is 2.28. The molecule has 0 bridgehead atoms. The molecular formula is C12H15ClN4. The summed E-state index contributed by atoms with van der Waals surface area (Å²) < 4.78 is 0. The summed E-state index contributed by atoms with van der Waals surface area (Å²) in [5.74, 6) is 0.340. The van der Waals surface area contributed by atoms with Gasteiger partial charge in [-0.2, -0.15) is 0 Å². The van der Waals surface area contributed by atoms with Crippen molar-refractivity contribution in [3.05, 3.63) is 41.1 Å². The lowest BCUT2D eigenvalue weighted by Crippen LogP contribution is -2.59. The zero-order valence-corrected chi connectivity index (χ0v) is 10.3. The third-order valence-corrected chi connectivity index (χ3v) is 3.13. The molecule has 0 fully saturated rings. The lowest BCUT2D eigenvalue weighted by atomic mass is 9.91. The lowest BCUT2D eigenvalue weighted by Gasteiger charge is -2.34. The molecule has 0 spiro atoms. The molecule has 1 unspecified atom stereocenters. The molecule has 1 aromatic rings. The number of guanidine groups is 1. The fourth-order valence-electron chi connectivity index (χ4n) is 1.82. The van der Waals surface area contributed by atoms with Crippen molar-refractivity contribution in [1.29, 1.82) is 0 Å². The first-order valence-electron chi connectivity index (χ1n) is 5.42. The van der Waals surface area contributed by atoms with E-state index in [-0.39, 0.29) is 0 Å². The fourth-order valence-corrected chi connectivity index (χ4v) is 1.94. The second kappa shape index (κ2) is 4.39. The van der Waals surface area contributed by atoms with Gasteiger partial charge in [-0.3, -0.25) is 0 Å². The maximum atomic E-state index is 6.29. The van der Waals surface area contributed by atoms with Crippen LogP contribution < -0.4 is 16.8 Å². The highest BCUT2D eigenvalue weighted by molar-refractivity contribution is 6.30. The van der Waals surface area contributed by atoms with E-state index in [1.54, 1.807) is 6.20 Å². The Balaban J connectivity index is 2.45. The van der Waals surface area contributed by atoms with E-state index in [2.05, 4.69) is 10.3 Å².